The normalized spacial score (nSPS) is 27.4. The van der Waals surface area contributed by atoms with Gasteiger partial charge < -0.3 is 9.88 Å². The highest BCUT2D eigenvalue weighted by atomic mass is 35.5. The van der Waals surface area contributed by atoms with Crippen molar-refractivity contribution < 1.29 is 4.79 Å². The van der Waals surface area contributed by atoms with E-state index in [9.17, 15) is 4.79 Å². The Hall–Kier alpha value is -0.800. The summed E-state index contributed by atoms with van der Waals surface area (Å²) in [5.74, 6) is 1.17. The molecule has 0 amide bonds. The molecule has 2 heterocycles. The standard InChI is InChI=1S/C14H20N2O.ClH/c1-8-9(2)15-12-6-10-4-5-16(3)7-11(10)14(17)13(8)12;/h10-11,15H,4-7H2,1-3H3;1H/t10-,11+;/m0./s1. The van der Waals surface area contributed by atoms with Gasteiger partial charge in [0.05, 0.1) is 0 Å². The van der Waals surface area contributed by atoms with E-state index in [1.807, 2.05) is 0 Å². The number of hydrogen-bond donors (Lipinski definition) is 1. The summed E-state index contributed by atoms with van der Waals surface area (Å²) in [6.45, 7) is 6.20. The molecule has 2 aliphatic rings. The molecule has 2 atom stereocenters. The van der Waals surface area contributed by atoms with Crippen molar-refractivity contribution in [2.75, 3.05) is 20.1 Å². The van der Waals surface area contributed by atoms with Gasteiger partial charge in [0.2, 0.25) is 0 Å². The van der Waals surface area contributed by atoms with Crippen LogP contribution in [0.5, 0.6) is 0 Å². The number of fused-ring (bicyclic) bond motifs is 2. The maximum absolute atomic E-state index is 12.6. The fourth-order valence-electron chi connectivity index (χ4n) is 3.44. The third-order valence-corrected chi connectivity index (χ3v) is 4.59. The number of nitrogens with one attached hydrogen (secondary N) is 1. The zero-order valence-electron chi connectivity index (χ0n) is 11.2. The number of halogens is 1. The smallest absolute Gasteiger partial charge is 0.169 e. The van der Waals surface area contributed by atoms with E-state index in [4.69, 9.17) is 0 Å². The van der Waals surface area contributed by atoms with E-state index >= 15 is 0 Å². The van der Waals surface area contributed by atoms with Crippen LogP contribution in [0.4, 0.5) is 0 Å². The summed E-state index contributed by atoms with van der Waals surface area (Å²) in [5.41, 5.74) is 4.52. The van der Waals surface area contributed by atoms with Gasteiger partial charge in [-0.15, -0.1) is 12.4 Å². The molecule has 1 aliphatic heterocycles. The Morgan fingerprint density at radius 1 is 1.33 bits per heavy atom. The molecule has 3 rings (SSSR count). The van der Waals surface area contributed by atoms with Crippen LogP contribution in [0.25, 0.3) is 0 Å². The van der Waals surface area contributed by atoms with Crippen LogP contribution in [0.2, 0.25) is 0 Å². The molecule has 1 saturated heterocycles. The first-order chi connectivity index (χ1) is 8.08. The quantitative estimate of drug-likeness (QED) is 0.784. The Kier molecular flexibility index (Phi) is 3.56. The van der Waals surface area contributed by atoms with Crippen LogP contribution in [0.1, 0.15) is 33.7 Å². The summed E-state index contributed by atoms with van der Waals surface area (Å²) in [6, 6.07) is 0. The van der Waals surface area contributed by atoms with E-state index in [0.717, 1.165) is 42.8 Å². The fourth-order valence-corrected chi connectivity index (χ4v) is 3.44. The fraction of sp³-hybridized carbons (Fsp3) is 0.643. The first kappa shape index (κ1) is 13.6. The van der Waals surface area contributed by atoms with Crippen molar-refractivity contribution in [1.29, 1.82) is 0 Å². The zero-order valence-corrected chi connectivity index (χ0v) is 12.1. The number of nitrogens with zero attached hydrogens (tertiary/aromatic N) is 1. The van der Waals surface area contributed by atoms with Crippen LogP contribution >= 0.6 is 12.4 Å². The van der Waals surface area contributed by atoms with Gasteiger partial charge in [-0.1, -0.05) is 0 Å². The maximum Gasteiger partial charge on any atom is 0.169 e. The van der Waals surface area contributed by atoms with Gasteiger partial charge in [-0.2, -0.15) is 0 Å². The average Bonchev–Trinajstić information content (AvgIpc) is 2.57. The van der Waals surface area contributed by atoms with E-state index in [1.165, 1.54) is 5.69 Å². The Balaban J connectivity index is 0.00000120. The number of ketones is 1. The van der Waals surface area contributed by atoms with Crippen molar-refractivity contribution >= 4 is 18.2 Å². The molecule has 4 heteroatoms. The predicted octanol–water partition coefficient (Wildman–Crippen LogP) is 2.36. The van der Waals surface area contributed by atoms with Crippen LogP contribution in [-0.2, 0) is 6.42 Å². The van der Waals surface area contributed by atoms with Gasteiger partial charge in [-0.25, -0.2) is 0 Å². The lowest BCUT2D eigenvalue weighted by molar-refractivity contribution is 0.0705. The van der Waals surface area contributed by atoms with Crippen LogP contribution in [-0.4, -0.2) is 35.8 Å². The monoisotopic (exact) mass is 268 g/mol. The number of aromatic amines is 1. The van der Waals surface area contributed by atoms with Crippen LogP contribution in [0.3, 0.4) is 0 Å². The zero-order chi connectivity index (χ0) is 12.2. The molecule has 1 aliphatic carbocycles. The largest absolute Gasteiger partial charge is 0.362 e. The second-order valence-corrected chi connectivity index (χ2v) is 5.71. The lowest BCUT2D eigenvalue weighted by Gasteiger charge is -2.38. The highest BCUT2D eigenvalue weighted by molar-refractivity contribution is 6.02. The van der Waals surface area contributed by atoms with Crippen molar-refractivity contribution in [3.8, 4) is 0 Å². The number of Topliss-reactive ketones (excluding diaryl/α,β-unsaturated/α-hetero) is 1. The third kappa shape index (κ3) is 1.90. The number of aryl methyl sites for hydroxylation is 1. The van der Waals surface area contributed by atoms with Gasteiger partial charge in [-0.05, 0) is 51.8 Å². The van der Waals surface area contributed by atoms with E-state index in [-0.39, 0.29) is 18.3 Å². The molecule has 1 aromatic heterocycles. The first-order valence-corrected chi connectivity index (χ1v) is 6.48. The molecule has 1 N–H and O–H groups in total. The predicted molar refractivity (Wildman–Crippen MR) is 74.6 cm³/mol. The van der Waals surface area contributed by atoms with Crippen molar-refractivity contribution in [1.82, 2.24) is 9.88 Å². The van der Waals surface area contributed by atoms with Gasteiger partial charge in [0, 0.05) is 29.4 Å². The molecule has 1 aromatic rings. The number of likely N-dealkylation sites (tertiary alicyclic amines) is 1. The van der Waals surface area contributed by atoms with Crippen LogP contribution < -0.4 is 0 Å². The molecule has 0 spiro atoms. The lowest BCUT2D eigenvalue weighted by Crippen LogP contribution is -2.45. The molecule has 3 nitrogen and oxygen atoms in total. The second-order valence-electron chi connectivity index (χ2n) is 5.71. The van der Waals surface area contributed by atoms with Gasteiger partial charge >= 0.3 is 0 Å². The number of carbonyl (C=O) groups excluding carboxylic acids is 1. The number of carbonyl (C=O) groups is 1. The molecular formula is C14H21ClN2O. The first-order valence-electron chi connectivity index (χ1n) is 6.48. The summed E-state index contributed by atoms with van der Waals surface area (Å²) >= 11 is 0. The van der Waals surface area contributed by atoms with Crippen molar-refractivity contribution in [3.63, 3.8) is 0 Å². The maximum atomic E-state index is 12.6. The van der Waals surface area contributed by atoms with Crippen LogP contribution in [0.15, 0.2) is 0 Å². The Bertz CT molecular complexity index is 480. The second kappa shape index (κ2) is 4.71. The number of rotatable bonds is 0. The highest BCUT2D eigenvalue weighted by Crippen LogP contribution is 2.37. The highest BCUT2D eigenvalue weighted by Gasteiger charge is 2.40. The Morgan fingerprint density at radius 3 is 2.78 bits per heavy atom. The van der Waals surface area contributed by atoms with Gasteiger partial charge in [-0.3, -0.25) is 4.79 Å². The number of aromatic nitrogens is 1. The summed E-state index contributed by atoms with van der Waals surface area (Å²) in [7, 11) is 2.12. The summed E-state index contributed by atoms with van der Waals surface area (Å²) in [6.07, 6.45) is 2.22. The third-order valence-electron chi connectivity index (χ3n) is 4.59. The van der Waals surface area contributed by atoms with E-state index < -0.39 is 0 Å². The number of hydrogen-bond acceptors (Lipinski definition) is 2. The molecule has 0 unspecified atom stereocenters. The minimum atomic E-state index is 0. The van der Waals surface area contributed by atoms with E-state index in [2.05, 4.69) is 30.8 Å². The molecule has 100 valence electrons. The van der Waals surface area contributed by atoms with Crippen molar-refractivity contribution in [2.45, 2.75) is 26.7 Å². The topological polar surface area (TPSA) is 36.1 Å². The summed E-state index contributed by atoms with van der Waals surface area (Å²) < 4.78 is 0. The molecular weight excluding hydrogens is 248 g/mol. The molecule has 0 bridgehead atoms. The van der Waals surface area contributed by atoms with E-state index in [0.29, 0.717) is 11.7 Å². The summed E-state index contributed by atoms with van der Waals surface area (Å²) in [5, 5.41) is 0. The SMILES string of the molecule is Cc1[nH]c2c(c1C)C(=O)[C@@H]1CN(C)CC[C@H]1C2.Cl. The molecule has 1 fully saturated rings. The molecule has 18 heavy (non-hydrogen) atoms. The van der Waals surface area contributed by atoms with Crippen molar-refractivity contribution in [2.24, 2.45) is 11.8 Å². The van der Waals surface area contributed by atoms with Crippen LogP contribution in [0, 0.1) is 25.7 Å². The summed E-state index contributed by atoms with van der Waals surface area (Å²) in [4.78, 5) is 18.3. The molecule has 0 aromatic carbocycles. The minimum Gasteiger partial charge on any atom is -0.362 e. The minimum absolute atomic E-state index is 0. The van der Waals surface area contributed by atoms with Gasteiger partial charge in [0.1, 0.15) is 0 Å². The lowest BCUT2D eigenvalue weighted by atomic mass is 9.73. The van der Waals surface area contributed by atoms with Crippen molar-refractivity contribution in [3.05, 3.63) is 22.5 Å². The Labute approximate surface area is 114 Å². The number of H-pyrrole nitrogens is 1. The number of piperidine rings is 1. The molecule has 0 radical (unpaired) electrons. The average molecular weight is 269 g/mol. The van der Waals surface area contributed by atoms with Gasteiger partial charge in [0.15, 0.2) is 5.78 Å². The van der Waals surface area contributed by atoms with Gasteiger partial charge in [0.25, 0.3) is 0 Å². The van der Waals surface area contributed by atoms with E-state index in [1.54, 1.807) is 0 Å². The Morgan fingerprint density at radius 2 is 2.06 bits per heavy atom. The molecule has 0 saturated carbocycles.